The van der Waals surface area contributed by atoms with Crippen molar-refractivity contribution in [1.82, 2.24) is 4.90 Å². The van der Waals surface area contributed by atoms with Crippen LogP contribution in [-0.2, 0) is 0 Å². The summed E-state index contributed by atoms with van der Waals surface area (Å²) < 4.78 is 0. The predicted molar refractivity (Wildman–Crippen MR) is 87.0 cm³/mol. The van der Waals surface area contributed by atoms with Crippen LogP contribution in [0.2, 0.25) is 5.02 Å². The van der Waals surface area contributed by atoms with E-state index in [4.69, 9.17) is 17.3 Å². The number of halogens is 1. The number of benzene rings is 1. The number of hydrogen-bond donors (Lipinski definition) is 1. The normalized spacial score (nSPS) is 24.9. The lowest BCUT2D eigenvalue weighted by Crippen LogP contribution is -2.36. The lowest BCUT2D eigenvalue weighted by atomic mass is 9.79. The third-order valence-electron chi connectivity index (χ3n) is 4.91. The highest BCUT2D eigenvalue weighted by atomic mass is 35.5. The van der Waals surface area contributed by atoms with Crippen LogP contribution in [0.4, 0.5) is 0 Å². The molecular formula is C17H27ClN2. The van der Waals surface area contributed by atoms with Gasteiger partial charge in [0.15, 0.2) is 0 Å². The molecule has 3 atom stereocenters. The van der Waals surface area contributed by atoms with Crippen LogP contribution in [0.3, 0.4) is 0 Å². The van der Waals surface area contributed by atoms with E-state index in [9.17, 15) is 0 Å². The Hall–Kier alpha value is -0.570. The van der Waals surface area contributed by atoms with Crippen LogP contribution in [0.25, 0.3) is 0 Å². The highest BCUT2D eigenvalue weighted by Gasteiger charge is 2.26. The molecule has 0 radical (unpaired) electrons. The molecule has 0 heterocycles. The molecule has 0 bridgehead atoms. The minimum atomic E-state index is 0.351. The Morgan fingerprint density at radius 2 is 1.90 bits per heavy atom. The molecule has 1 saturated carbocycles. The van der Waals surface area contributed by atoms with Crippen molar-refractivity contribution in [2.45, 2.75) is 38.6 Å². The second kappa shape index (κ2) is 7.44. The van der Waals surface area contributed by atoms with Crippen molar-refractivity contribution in [3.8, 4) is 0 Å². The summed E-state index contributed by atoms with van der Waals surface area (Å²) in [5, 5.41) is 0.867. The molecule has 3 unspecified atom stereocenters. The molecule has 1 aromatic rings. The number of nitrogens with two attached hydrogens (primary N) is 1. The van der Waals surface area contributed by atoms with Gasteiger partial charge in [0.25, 0.3) is 0 Å². The summed E-state index contributed by atoms with van der Waals surface area (Å²) in [5.74, 6) is 1.44. The lowest BCUT2D eigenvalue weighted by Gasteiger charge is -2.36. The van der Waals surface area contributed by atoms with Crippen molar-refractivity contribution in [3.05, 3.63) is 34.9 Å². The molecule has 0 aromatic heterocycles. The van der Waals surface area contributed by atoms with Crippen LogP contribution in [0.5, 0.6) is 0 Å². The molecular weight excluding hydrogens is 268 g/mol. The molecule has 0 spiro atoms. The van der Waals surface area contributed by atoms with Crippen LogP contribution < -0.4 is 5.73 Å². The van der Waals surface area contributed by atoms with Gasteiger partial charge in [0, 0.05) is 17.6 Å². The zero-order valence-corrected chi connectivity index (χ0v) is 13.4. The summed E-state index contributed by atoms with van der Waals surface area (Å²) in [4.78, 5) is 2.43. The summed E-state index contributed by atoms with van der Waals surface area (Å²) >= 11 is 6.32. The van der Waals surface area contributed by atoms with Gasteiger partial charge in [-0.3, -0.25) is 4.90 Å². The average molecular weight is 295 g/mol. The van der Waals surface area contributed by atoms with Gasteiger partial charge in [0.2, 0.25) is 0 Å². The van der Waals surface area contributed by atoms with E-state index in [1.807, 2.05) is 12.1 Å². The van der Waals surface area contributed by atoms with Gasteiger partial charge < -0.3 is 5.73 Å². The molecule has 3 heteroatoms. The molecule has 2 N–H and O–H groups in total. The number of rotatable bonds is 5. The topological polar surface area (TPSA) is 29.3 Å². The average Bonchev–Trinajstić information content (AvgIpc) is 2.47. The minimum absolute atomic E-state index is 0.351. The fraction of sp³-hybridized carbons (Fsp3) is 0.647. The first-order valence-electron chi connectivity index (χ1n) is 7.78. The van der Waals surface area contributed by atoms with Crippen molar-refractivity contribution in [3.63, 3.8) is 0 Å². The monoisotopic (exact) mass is 294 g/mol. The van der Waals surface area contributed by atoms with E-state index < -0.39 is 0 Å². The first-order chi connectivity index (χ1) is 9.63. The van der Waals surface area contributed by atoms with Gasteiger partial charge in [-0.1, -0.05) is 42.6 Å². The maximum atomic E-state index is 6.32. The van der Waals surface area contributed by atoms with E-state index in [2.05, 4.69) is 31.0 Å². The maximum absolute atomic E-state index is 6.32. The van der Waals surface area contributed by atoms with Crippen LogP contribution >= 0.6 is 11.6 Å². The van der Waals surface area contributed by atoms with E-state index in [1.165, 1.54) is 31.2 Å². The summed E-state index contributed by atoms with van der Waals surface area (Å²) in [6.45, 7) is 4.19. The van der Waals surface area contributed by atoms with Gasteiger partial charge in [-0.25, -0.2) is 0 Å². The summed E-state index contributed by atoms with van der Waals surface area (Å²) in [6.07, 6.45) is 5.33. The largest absolute Gasteiger partial charge is 0.330 e. The summed E-state index contributed by atoms with van der Waals surface area (Å²) in [5.41, 5.74) is 7.16. The molecule has 0 saturated heterocycles. The minimum Gasteiger partial charge on any atom is -0.330 e. The van der Waals surface area contributed by atoms with Crippen molar-refractivity contribution in [2.24, 2.45) is 17.6 Å². The lowest BCUT2D eigenvalue weighted by molar-refractivity contribution is 0.148. The number of hydrogen-bond acceptors (Lipinski definition) is 2. The van der Waals surface area contributed by atoms with Gasteiger partial charge in [0.1, 0.15) is 0 Å². The molecule has 112 valence electrons. The molecule has 20 heavy (non-hydrogen) atoms. The van der Waals surface area contributed by atoms with Gasteiger partial charge in [-0.2, -0.15) is 0 Å². The molecule has 1 fully saturated rings. The number of nitrogens with zero attached hydrogens (tertiary/aromatic N) is 1. The molecule has 1 aliphatic rings. The molecule has 2 nitrogen and oxygen atoms in total. The van der Waals surface area contributed by atoms with Crippen molar-refractivity contribution >= 4 is 11.6 Å². The highest BCUT2D eigenvalue weighted by molar-refractivity contribution is 6.31. The molecule has 1 aliphatic carbocycles. The van der Waals surface area contributed by atoms with E-state index in [-0.39, 0.29) is 0 Å². The quantitative estimate of drug-likeness (QED) is 0.886. The van der Waals surface area contributed by atoms with Gasteiger partial charge >= 0.3 is 0 Å². The Morgan fingerprint density at radius 1 is 1.25 bits per heavy atom. The predicted octanol–water partition coefficient (Wildman–Crippen LogP) is 4.10. The fourth-order valence-corrected chi connectivity index (χ4v) is 3.71. The summed E-state index contributed by atoms with van der Waals surface area (Å²) in [7, 11) is 2.20. The third kappa shape index (κ3) is 3.75. The Morgan fingerprint density at radius 3 is 2.55 bits per heavy atom. The van der Waals surface area contributed by atoms with E-state index >= 15 is 0 Å². The van der Waals surface area contributed by atoms with Gasteiger partial charge in [-0.15, -0.1) is 0 Å². The standard InChI is InChI=1S/C17H27ClN2/c1-13(16-9-5-6-10-17(16)18)20(2)12-15-8-4-3-7-14(15)11-19/h5-6,9-10,13-15H,3-4,7-8,11-12,19H2,1-2H3. The maximum Gasteiger partial charge on any atom is 0.0453 e. The Bertz CT molecular complexity index is 421. The van der Waals surface area contributed by atoms with Crippen LogP contribution in [0.1, 0.15) is 44.2 Å². The van der Waals surface area contributed by atoms with Crippen LogP contribution in [0.15, 0.2) is 24.3 Å². The molecule has 1 aromatic carbocycles. The van der Waals surface area contributed by atoms with Crippen LogP contribution in [0, 0.1) is 11.8 Å². The zero-order chi connectivity index (χ0) is 14.5. The van der Waals surface area contributed by atoms with Crippen molar-refractivity contribution < 1.29 is 0 Å². The van der Waals surface area contributed by atoms with Gasteiger partial charge in [0.05, 0.1) is 0 Å². The zero-order valence-electron chi connectivity index (χ0n) is 12.7. The highest BCUT2D eigenvalue weighted by Crippen LogP contribution is 2.32. The second-order valence-electron chi connectivity index (χ2n) is 6.18. The Kier molecular flexibility index (Phi) is 5.88. The fourth-order valence-electron chi connectivity index (χ4n) is 3.41. The molecule has 2 rings (SSSR count). The smallest absolute Gasteiger partial charge is 0.0453 e. The van der Waals surface area contributed by atoms with Crippen molar-refractivity contribution in [1.29, 1.82) is 0 Å². The molecule has 0 aliphatic heterocycles. The first kappa shape index (κ1) is 15.8. The Balaban J connectivity index is 2.00. The van der Waals surface area contributed by atoms with E-state index in [1.54, 1.807) is 0 Å². The van der Waals surface area contributed by atoms with E-state index in [0.29, 0.717) is 12.0 Å². The Labute approximate surface area is 128 Å². The summed E-state index contributed by atoms with van der Waals surface area (Å²) in [6, 6.07) is 8.51. The molecule has 0 amide bonds. The van der Waals surface area contributed by atoms with Crippen LogP contribution in [-0.4, -0.2) is 25.0 Å². The van der Waals surface area contributed by atoms with Gasteiger partial charge in [-0.05, 0) is 56.8 Å². The first-order valence-corrected chi connectivity index (χ1v) is 8.16. The SMILES string of the molecule is CC(c1ccccc1Cl)N(C)CC1CCCCC1CN. The third-order valence-corrected chi connectivity index (χ3v) is 5.25. The van der Waals surface area contributed by atoms with E-state index in [0.717, 1.165) is 24.0 Å². The second-order valence-corrected chi connectivity index (χ2v) is 6.58. The van der Waals surface area contributed by atoms with Crippen molar-refractivity contribution in [2.75, 3.05) is 20.1 Å².